The zero-order chi connectivity index (χ0) is 15.9. The summed E-state index contributed by atoms with van der Waals surface area (Å²) < 4.78 is 8.71. The third-order valence-corrected chi connectivity index (χ3v) is 4.14. The molecule has 1 fully saturated rings. The van der Waals surface area contributed by atoms with E-state index in [0.29, 0.717) is 44.3 Å². The molecular formula is C16H23N3O3. The molecule has 6 heteroatoms. The van der Waals surface area contributed by atoms with Crippen molar-refractivity contribution < 1.29 is 9.84 Å². The Morgan fingerprint density at radius 3 is 2.64 bits per heavy atom. The lowest BCUT2D eigenvalue weighted by Gasteiger charge is -2.26. The van der Waals surface area contributed by atoms with E-state index >= 15 is 0 Å². The number of aryl methyl sites for hydroxylation is 1. The summed E-state index contributed by atoms with van der Waals surface area (Å²) in [4.78, 5) is 12.8. The minimum Gasteiger partial charge on any atom is -0.399 e. The summed E-state index contributed by atoms with van der Waals surface area (Å²) in [6.45, 7) is 6.04. The van der Waals surface area contributed by atoms with Crippen molar-refractivity contribution in [2.75, 3.05) is 18.9 Å². The maximum absolute atomic E-state index is 12.8. The summed E-state index contributed by atoms with van der Waals surface area (Å²) in [6, 6.07) is 5.54. The van der Waals surface area contributed by atoms with E-state index in [1.54, 1.807) is 23.0 Å². The molecule has 22 heavy (non-hydrogen) atoms. The van der Waals surface area contributed by atoms with Crippen molar-refractivity contribution >= 4 is 16.7 Å². The first-order valence-corrected chi connectivity index (χ1v) is 7.64. The summed E-state index contributed by atoms with van der Waals surface area (Å²) in [5, 5.41) is 9.93. The summed E-state index contributed by atoms with van der Waals surface area (Å²) in [5.74, 6) is 0.392. The quantitative estimate of drug-likeness (QED) is 0.813. The third-order valence-electron chi connectivity index (χ3n) is 4.14. The fourth-order valence-corrected chi connectivity index (χ4v) is 2.76. The number of hydrogen-bond donors (Lipinski definition) is 2. The molecule has 1 saturated heterocycles. The maximum atomic E-state index is 12.8. The van der Waals surface area contributed by atoms with Crippen LogP contribution in [-0.2, 0) is 17.8 Å². The van der Waals surface area contributed by atoms with Crippen LogP contribution in [0, 0.1) is 5.92 Å². The highest BCUT2D eigenvalue weighted by atomic mass is 16.5. The molecule has 1 aromatic heterocycles. The van der Waals surface area contributed by atoms with E-state index in [4.69, 9.17) is 10.5 Å². The van der Waals surface area contributed by atoms with Crippen LogP contribution in [0.15, 0.2) is 23.0 Å². The van der Waals surface area contributed by atoms with Gasteiger partial charge in [0.15, 0.2) is 0 Å². The van der Waals surface area contributed by atoms with Gasteiger partial charge in [0.05, 0.1) is 29.8 Å². The Hall–Kier alpha value is -1.79. The van der Waals surface area contributed by atoms with Crippen LogP contribution in [-0.4, -0.2) is 33.1 Å². The number of nitrogen functional groups attached to an aromatic ring is 1. The lowest BCUT2D eigenvalue weighted by atomic mass is 10.1. The predicted molar refractivity (Wildman–Crippen MR) is 85.8 cm³/mol. The highest BCUT2D eigenvalue weighted by Crippen LogP contribution is 2.21. The number of aliphatic hydroxyl groups is 1. The van der Waals surface area contributed by atoms with Crippen LogP contribution in [0.25, 0.3) is 11.0 Å². The third kappa shape index (κ3) is 2.89. The highest BCUT2D eigenvalue weighted by molar-refractivity contribution is 5.79. The number of fused-ring (bicyclic) bond motifs is 1. The molecule has 1 aliphatic heterocycles. The molecule has 0 atom stereocenters. The first kappa shape index (κ1) is 15.1. The van der Waals surface area contributed by atoms with Crippen LogP contribution in [0.5, 0.6) is 0 Å². The van der Waals surface area contributed by atoms with Crippen LogP contribution in [0.1, 0.15) is 20.3 Å². The molecule has 120 valence electrons. The van der Waals surface area contributed by atoms with Crippen molar-refractivity contribution in [2.24, 2.45) is 5.92 Å². The van der Waals surface area contributed by atoms with Gasteiger partial charge in [-0.05, 0) is 38.5 Å². The minimum absolute atomic E-state index is 0.0447. The van der Waals surface area contributed by atoms with Gasteiger partial charge in [-0.15, -0.1) is 0 Å². The van der Waals surface area contributed by atoms with Gasteiger partial charge in [-0.3, -0.25) is 9.13 Å². The Balaban J connectivity index is 2.03. The van der Waals surface area contributed by atoms with Gasteiger partial charge in [0.25, 0.3) is 0 Å². The number of nitrogens with zero attached hydrogens (tertiary/aromatic N) is 2. The standard InChI is InChI=1S/C16H23N3O3/c1-16(2,21)5-6-18-14-7-12(17)3-4-13(14)19(15(18)20)8-11-9-22-10-11/h3-4,7,11,21H,5-6,8-10,17H2,1-2H3. The molecule has 2 aromatic rings. The average Bonchev–Trinajstić information content (AvgIpc) is 2.62. The van der Waals surface area contributed by atoms with Gasteiger partial charge < -0.3 is 15.6 Å². The van der Waals surface area contributed by atoms with Gasteiger partial charge in [-0.25, -0.2) is 4.79 Å². The van der Waals surface area contributed by atoms with Crippen LogP contribution >= 0.6 is 0 Å². The van der Waals surface area contributed by atoms with Crippen molar-refractivity contribution in [3.63, 3.8) is 0 Å². The van der Waals surface area contributed by atoms with Gasteiger partial charge in [-0.1, -0.05) is 0 Å². The monoisotopic (exact) mass is 305 g/mol. The Kier molecular flexibility index (Phi) is 3.74. The molecule has 2 heterocycles. The molecule has 3 N–H and O–H groups in total. The largest absolute Gasteiger partial charge is 0.399 e. The van der Waals surface area contributed by atoms with E-state index in [-0.39, 0.29) is 5.69 Å². The second-order valence-electron chi connectivity index (χ2n) is 6.76. The van der Waals surface area contributed by atoms with Crippen molar-refractivity contribution in [3.8, 4) is 0 Å². The van der Waals surface area contributed by atoms with E-state index < -0.39 is 5.60 Å². The normalized spacial score (nSPS) is 16.1. The average molecular weight is 305 g/mol. The molecule has 0 bridgehead atoms. The fourth-order valence-electron chi connectivity index (χ4n) is 2.76. The molecule has 1 aliphatic rings. The molecule has 6 nitrogen and oxygen atoms in total. The van der Waals surface area contributed by atoms with Gasteiger partial charge in [0.1, 0.15) is 0 Å². The zero-order valence-corrected chi connectivity index (χ0v) is 13.1. The number of rotatable bonds is 5. The maximum Gasteiger partial charge on any atom is 0.329 e. The predicted octanol–water partition coefficient (Wildman–Crippen LogP) is 1.19. The van der Waals surface area contributed by atoms with Gasteiger partial charge in [0, 0.05) is 24.7 Å². The van der Waals surface area contributed by atoms with Crippen LogP contribution in [0.2, 0.25) is 0 Å². The molecule has 0 amide bonds. The van der Waals surface area contributed by atoms with Crippen LogP contribution in [0.4, 0.5) is 5.69 Å². The van der Waals surface area contributed by atoms with E-state index in [2.05, 4.69) is 0 Å². The summed E-state index contributed by atoms with van der Waals surface area (Å²) >= 11 is 0. The summed E-state index contributed by atoms with van der Waals surface area (Å²) in [6.07, 6.45) is 0.507. The van der Waals surface area contributed by atoms with Gasteiger partial charge >= 0.3 is 5.69 Å². The van der Waals surface area contributed by atoms with E-state index in [1.165, 1.54) is 0 Å². The molecule has 0 radical (unpaired) electrons. The van der Waals surface area contributed by atoms with Gasteiger partial charge in [0.2, 0.25) is 0 Å². The number of ether oxygens (including phenoxy) is 1. The Morgan fingerprint density at radius 1 is 1.32 bits per heavy atom. The number of anilines is 1. The molecule has 0 saturated carbocycles. The molecule has 3 rings (SSSR count). The number of imidazole rings is 1. The number of benzene rings is 1. The number of hydrogen-bond acceptors (Lipinski definition) is 4. The first-order valence-electron chi connectivity index (χ1n) is 7.64. The molecular weight excluding hydrogens is 282 g/mol. The first-order chi connectivity index (χ1) is 10.3. The Labute approximate surface area is 129 Å². The summed E-state index contributed by atoms with van der Waals surface area (Å²) in [5.41, 5.74) is 7.38. The second-order valence-corrected chi connectivity index (χ2v) is 6.76. The van der Waals surface area contributed by atoms with E-state index in [0.717, 1.165) is 11.0 Å². The SMILES string of the molecule is CC(C)(O)CCn1c(=O)n(CC2COC2)c2ccc(N)cc21. The van der Waals surface area contributed by atoms with Crippen LogP contribution < -0.4 is 11.4 Å². The Bertz CT molecular complexity index is 735. The smallest absolute Gasteiger partial charge is 0.329 e. The van der Waals surface area contributed by atoms with E-state index in [9.17, 15) is 9.90 Å². The Morgan fingerprint density at radius 2 is 2.05 bits per heavy atom. The lowest BCUT2D eigenvalue weighted by molar-refractivity contribution is -0.0393. The second kappa shape index (κ2) is 5.44. The molecule has 1 aromatic carbocycles. The molecule has 0 aliphatic carbocycles. The van der Waals surface area contributed by atoms with Gasteiger partial charge in [-0.2, -0.15) is 0 Å². The number of nitrogens with two attached hydrogens (primary N) is 1. The lowest BCUT2D eigenvalue weighted by Crippen LogP contribution is -2.36. The van der Waals surface area contributed by atoms with Crippen molar-refractivity contribution in [1.82, 2.24) is 9.13 Å². The van der Waals surface area contributed by atoms with Crippen molar-refractivity contribution in [1.29, 1.82) is 0 Å². The van der Waals surface area contributed by atoms with E-state index in [1.807, 2.05) is 18.2 Å². The molecule has 0 unspecified atom stereocenters. The van der Waals surface area contributed by atoms with Crippen molar-refractivity contribution in [2.45, 2.75) is 39.0 Å². The summed E-state index contributed by atoms with van der Waals surface area (Å²) in [7, 11) is 0. The number of aromatic nitrogens is 2. The molecule has 0 spiro atoms. The van der Waals surface area contributed by atoms with Crippen molar-refractivity contribution in [3.05, 3.63) is 28.7 Å². The van der Waals surface area contributed by atoms with Crippen LogP contribution in [0.3, 0.4) is 0 Å². The topological polar surface area (TPSA) is 82.4 Å². The highest BCUT2D eigenvalue weighted by Gasteiger charge is 2.23. The minimum atomic E-state index is -0.810. The fraction of sp³-hybridized carbons (Fsp3) is 0.562. The zero-order valence-electron chi connectivity index (χ0n) is 13.1.